The summed E-state index contributed by atoms with van der Waals surface area (Å²) in [6.45, 7) is 2.76. The monoisotopic (exact) mass is 291 g/mol. The van der Waals surface area contributed by atoms with Gasteiger partial charge in [0.05, 0.1) is 6.20 Å². The molecule has 0 saturated heterocycles. The Bertz CT molecular complexity index is 743. The predicted octanol–water partition coefficient (Wildman–Crippen LogP) is 3.54. The molecule has 0 bridgehead atoms. The molecule has 5 nitrogen and oxygen atoms in total. The van der Waals surface area contributed by atoms with Crippen LogP contribution in [0.5, 0.6) is 0 Å². The fourth-order valence-corrected chi connectivity index (χ4v) is 2.09. The second kappa shape index (κ2) is 6.67. The van der Waals surface area contributed by atoms with Gasteiger partial charge in [-0.25, -0.2) is 0 Å². The Morgan fingerprint density at radius 3 is 2.55 bits per heavy atom. The van der Waals surface area contributed by atoms with E-state index >= 15 is 0 Å². The average molecular weight is 291 g/mol. The Morgan fingerprint density at radius 1 is 0.955 bits per heavy atom. The van der Waals surface area contributed by atoms with Gasteiger partial charge in [-0.3, -0.25) is 0 Å². The van der Waals surface area contributed by atoms with Crippen molar-refractivity contribution in [3.8, 4) is 0 Å². The van der Waals surface area contributed by atoms with E-state index in [1.54, 1.807) is 6.20 Å². The van der Waals surface area contributed by atoms with Crippen LogP contribution in [0, 0.1) is 6.92 Å². The molecule has 2 aromatic carbocycles. The fraction of sp³-hybridized carbons (Fsp3) is 0.118. The lowest BCUT2D eigenvalue weighted by atomic mass is 10.1. The number of hydrogen-bond donors (Lipinski definition) is 2. The highest BCUT2D eigenvalue weighted by molar-refractivity contribution is 5.55. The minimum Gasteiger partial charge on any atom is -0.349 e. The molecule has 5 heteroatoms. The van der Waals surface area contributed by atoms with E-state index in [1.165, 1.54) is 11.1 Å². The van der Waals surface area contributed by atoms with E-state index in [0.29, 0.717) is 18.3 Å². The van der Waals surface area contributed by atoms with Gasteiger partial charge in [0.15, 0.2) is 5.82 Å². The van der Waals surface area contributed by atoms with Gasteiger partial charge in [-0.2, -0.15) is 10.1 Å². The summed E-state index contributed by atoms with van der Waals surface area (Å²) in [5.41, 5.74) is 3.42. The Hall–Kier alpha value is -2.95. The molecule has 22 heavy (non-hydrogen) atoms. The molecule has 110 valence electrons. The smallest absolute Gasteiger partial charge is 0.244 e. The Morgan fingerprint density at radius 2 is 1.73 bits per heavy atom. The number of aromatic nitrogens is 3. The normalized spacial score (nSPS) is 10.2. The number of para-hydroxylation sites is 1. The summed E-state index contributed by atoms with van der Waals surface area (Å²) < 4.78 is 0. The van der Waals surface area contributed by atoms with Crippen molar-refractivity contribution in [1.29, 1.82) is 0 Å². The van der Waals surface area contributed by atoms with Crippen molar-refractivity contribution in [3.05, 3.63) is 71.9 Å². The van der Waals surface area contributed by atoms with Crippen LogP contribution < -0.4 is 10.6 Å². The molecule has 1 aromatic heterocycles. The van der Waals surface area contributed by atoms with Crippen LogP contribution in [-0.4, -0.2) is 15.2 Å². The molecule has 0 unspecified atom stereocenters. The van der Waals surface area contributed by atoms with E-state index in [4.69, 9.17) is 0 Å². The van der Waals surface area contributed by atoms with E-state index in [-0.39, 0.29) is 0 Å². The van der Waals surface area contributed by atoms with Gasteiger partial charge < -0.3 is 10.6 Å². The molecule has 0 spiro atoms. The van der Waals surface area contributed by atoms with Gasteiger partial charge in [-0.15, -0.1) is 5.10 Å². The molecule has 0 atom stereocenters. The highest BCUT2D eigenvalue weighted by Gasteiger charge is 2.02. The molecule has 0 aliphatic carbocycles. The number of rotatable bonds is 5. The minimum atomic E-state index is 0.504. The molecule has 0 radical (unpaired) electrons. The summed E-state index contributed by atoms with van der Waals surface area (Å²) in [7, 11) is 0. The average Bonchev–Trinajstić information content (AvgIpc) is 2.55. The fourth-order valence-electron chi connectivity index (χ4n) is 2.09. The summed E-state index contributed by atoms with van der Waals surface area (Å²) in [4.78, 5) is 4.42. The highest BCUT2D eigenvalue weighted by atomic mass is 15.3. The molecule has 3 rings (SSSR count). The zero-order valence-corrected chi connectivity index (χ0v) is 12.3. The zero-order valence-electron chi connectivity index (χ0n) is 12.3. The van der Waals surface area contributed by atoms with Gasteiger partial charge in [-0.1, -0.05) is 42.5 Å². The summed E-state index contributed by atoms with van der Waals surface area (Å²) >= 11 is 0. The lowest BCUT2D eigenvalue weighted by Crippen LogP contribution is -2.07. The summed E-state index contributed by atoms with van der Waals surface area (Å²) in [5.74, 6) is 1.16. The van der Waals surface area contributed by atoms with Gasteiger partial charge in [-0.05, 0) is 30.2 Å². The van der Waals surface area contributed by atoms with Crippen LogP contribution >= 0.6 is 0 Å². The van der Waals surface area contributed by atoms with Crippen molar-refractivity contribution in [2.24, 2.45) is 0 Å². The van der Waals surface area contributed by atoms with Crippen LogP contribution in [0.4, 0.5) is 17.5 Å². The first-order valence-electron chi connectivity index (χ1n) is 7.11. The third-order valence-electron chi connectivity index (χ3n) is 3.30. The van der Waals surface area contributed by atoms with E-state index < -0.39 is 0 Å². The molecule has 0 saturated carbocycles. The van der Waals surface area contributed by atoms with E-state index in [0.717, 1.165) is 5.69 Å². The molecule has 1 heterocycles. The Balaban J connectivity index is 1.68. The highest BCUT2D eigenvalue weighted by Crippen LogP contribution is 2.14. The molecular formula is C17H17N5. The number of nitrogens with zero attached hydrogens (tertiary/aromatic N) is 3. The number of anilines is 3. The van der Waals surface area contributed by atoms with Crippen LogP contribution in [0.1, 0.15) is 11.1 Å². The van der Waals surface area contributed by atoms with Crippen molar-refractivity contribution in [2.45, 2.75) is 13.5 Å². The second-order valence-corrected chi connectivity index (χ2v) is 4.94. The minimum absolute atomic E-state index is 0.504. The summed E-state index contributed by atoms with van der Waals surface area (Å²) in [5, 5.41) is 14.4. The van der Waals surface area contributed by atoms with Gasteiger partial charge in [0.1, 0.15) is 0 Å². The largest absolute Gasteiger partial charge is 0.349 e. The van der Waals surface area contributed by atoms with E-state index in [1.807, 2.05) is 42.5 Å². The standard InChI is InChI=1S/C17H17N5/c1-13-7-5-6-8-14(13)11-18-17-21-16(12-19-22-17)20-15-9-3-2-4-10-15/h2-10,12H,11H2,1H3,(H2,18,20,21,22). The molecule has 2 N–H and O–H groups in total. The maximum Gasteiger partial charge on any atom is 0.244 e. The van der Waals surface area contributed by atoms with Crippen molar-refractivity contribution in [1.82, 2.24) is 15.2 Å². The molecule has 0 aliphatic rings. The third kappa shape index (κ3) is 3.58. The van der Waals surface area contributed by atoms with Crippen LogP contribution in [-0.2, 0) is 6.54 Å². The maximum atomic E-state index is 4.42. The van der Waals surface area contributed by atoms with Crippen LogP contribution in [0.15, 0.2) is 60.8 Å². The molecule has 0 amide bonds. The third-order valence-corrected chi connectivity index (χ3v) is 3.30. The molecular weight excluding hydrogens is 274 g/mol. The van der Waals surface area contributed by atoms with Gasteiger partial charge in [0, 0.05) is 12.2 Å². The van der Waals surface area contributed by atoms with Crippen molar-refractivity contribution >= 4 is 17.5 Å². The lowest BCUT2D eigenvalue weighted by molar-refractivity contribution is 0.946. The predicted molar refractivity (Wildman–Crippen MR) is 88.1 cm³/mol. The van der Waals surface area contributed by atoms with E-state index in [2.05, 4.69) is 44.9 Å². The van der Waals surface area contributed by atoms with Crippen molar-refractivity contribution in [3.63, 3.8) is 0 Å². The van der Waals surface area contributed by atoms with Crippen LogP contribution in [0.2, 0.25) is 0 Å². The van der Waals surface area contributed by atoms with Crippen LogP contribution in [0.3, 0.4) is 0 Å². The summed E-state index contributed by atoms with van der Waals surface area (Å²) in [6.07, 6.45) is 1.60. The number of hydrogen-bond acceptors (Lipinski definition) is 5. The number of nitrogens with one attached hydrogen (secondary N) is 2. The topological polar surface area (TPSA) is 62.7 Å². The summed E-state index contributed by atoms with van der Waals surface area (Å²) in [6, 6.07) is 18.1. The van der Waals surface area contributed by atoms with Crippen LogP contribution in [0.25, 0.3) is 0 Å². The Kier molecular flexibility index (Phi) is 4.25. The molecule has 0 fully saturated rings. The van der Waals surface area contributed by atoms with E-state index in [9.17, 15) is 0 Å². The SMILES string of the molecule is Cc1ccccc1CNc1nncc(Nc2ccccc2)n1. The Labute approximate surface area is 129 Å². The first-order valence-corrected chi connectivity index (χ1v) is 7.11. The molecule has 0 aliphatic heterocycles. The first-order chi connectivity index (χ1) is 10.8. The van der Waals surface area contributed by atoms with Gasteiger partial charge in [0.25, 0.3) is 0 Å². The number of aryl methyl sites for hydroxylation is 1. The van der Waals surface area contributed by atoms with Gasteiger partial charge >= 0.3 is 0 Å². The van der Waals surface area contributed by atoms with Crippen molar-refractivity contribution in [2.75, 3.05) is 10.6 Å². The first kappa shape index (κ1) is 14.0. The van der Waals surface area contributed by atoms with Gasteiger partial charge in [0.2, 0.25) is 5.95 Å². The molecule has 3 aromatic rings. The zero-order chi connectivity index (χ0) is 15.2. The lowest BCUT2D eigenvalue weighted by Gasteiger charge is -2.09. The second-order valence-electron chi connectivity index (χ2n) is 4.94. The number of benzene rings is 2. The quantitative estimate of drug-likeness (QED) is 0.753. The maximum absolute atomic E-state index is 4.42. The van der Waals surface area contributed by atoms with Crippen molar-refractivity contribution < 1.29 is 0 Å².